The molecule has 3 aromatic rings. The molecule has 150 valence electrons. The molecule has 1 amide bonds. The molecule has 1 fully saturated rings. The molecule has 1 saturated heterocycles. The van der Waals surface area contributed by atoms with E-state index in [1.807, 2.05) is 58.8 Å². The molecule has 1 aliphatic heterocycles. The maximum atomic E-state index is 12.9. The third-order valence-corrected chi connectivity index (χ3v) is 5.90. The number of benzene rings is 2. The largest absolute Gasteiger partial charge is 0.497 e. The molecular formula is C23H24N2O3S. The van der Waals surface area contributed by atoms with Crippen LogP contribution in [0.5, 0.6) is 11.5 Å². The molecule has 0 radical (unpaired) electrons. The summed E-state index contributed by atoms with van der Waals surface area (Å²) in [5.41, 5.74) is 1.83. The maximum absolute atomic E-state index is 12.9. The summed E-state index contributed by atoms with van der Waals surface area (Å²) in [6, 6.07) is 19.6. The second-order valence-corrected chi connectivity index (χ2v) is 7.91. The smallest absolute Gasteiger partial charge is 0.254 e. The number of piperazine rings is 1. The number of thiophene rings is 1. The number of nitrogens with zero attached hydrogens (tertiary/aromatic N) is 2. The van der Waals surface area contributed by atoms with Crippen LogP contribution in [0.25, 0.3) is 0 Å². The van der Waals surface area contributed by atoms with Crippen molar-refractivity contribution in [3.8, 4) is 11.5 Å². The Morgan fingerprint density at radius 1 is 0.966 bits per heavy atom. The van der Waals surface area contributed by atoms with E-state index in [0.717, 1.165) is 35.2 Å². The number of anilines is 1. The summed E-state index contributed by atoms with van der Waals surface area (Å²) in [5, 5.41) is 2.03. The van der Waals surface area contributed by atoms with Crippen molar-refractivity contribution >= 4 is 22.9 Å². The minimum Gasteiger partial charge on any atom is -0.497 e. The Morgan fingerprint density at radius 3 is 2.45 bits per heavy atom. The van der Waals surface area contributed by atoms with Gasteiger partial charge in [0, 0.05) is 42.3 Å². The summed E-state index contributed by atoms with van der Waals surface area (Å²) in [7, 11) is 1.67. The van der Waals surface area contributed by atoms with Gasteiger partial charge >= 0.3 is 0 Å². The molecule has 5 nitrogen and oxygen atoms in total. The highest BCUT2D eigenvalue weighted by Gasteiger charge is 2.22. The van der Waals surface area contributed by atoms with Crippen molar-refractivity contribution in [2.75, 3.05) is 38.2 Å². The first kappa shape index (κ1) is 19.3. The highest BCUT2D eigenvalue weighted by atomic mass is 32.1. The number of ether oxygens (including phenoxy) is 2. The molecular weight excluding hydrogens is 384 g/mol. The van der Waals surface area contributed by atoms with Crippen molar-refractivity contribution in [1.29, 1.82) is 0 Å². The van der Waals surface area contributed by atoms with Crippen LogP contribution >= 0.6 is 11.3 Å². The number of amides is 1. The first-order chi connectivity index (χ1) is 14.2. The van der Waals surface area contributed by atoms with Gasteiger partial charge in [-0.05, 0) is 53.9 Å². The van der Waals surface area contributed by atoms with E-state index < -0.39 is 0 Å². The molecule has 4 rings (SSSR count). The Kier molecular flexibility index (Phi) is 6.00. The third-order valence-electron chi connectivity index (χ3n) is 5.05. The van der Waals surface area contributed by atoms with Crippen molar-refractivity contribution in [3.63, 3.8) is 0 Å². The summed E-state index contributed by atoms with van der Waals surface area (Å²) in [4.78, 5) is 18.3. The molecule has 0 bridgehead atoms. The van der Waals surface area contributed by atoms with Crippen molar-refractivity contribution in [1.82, 2.24) is 4.90 Å². The zero-order chi connectivity index (χ0) is 20.1. The van der Waals surface area contributed by atoms with Crippen LogP contribution in [-0.2, 0) is 6.61 Å². The van der Waals surface area contributed by atoms with E-state index in [2.05, 4.69) is 17.0 Å². The van der Waals surface area contributed by atoms with Crippen LogP contribution in [0.1, 0.15) is 15.2 Å². The Balaban J connectivity index is 1.34. The van der Waals surface area contributed by atoms with Gasteiger partial charge in [-0.15, -0.1) is 11.3 Å². The minimum atomic E-state index is 0.0564. The van der Waals surface area contributed by atoms with Gasteiger partial charge < -0.3 is 19.3 Å². The Labute approximate surface area is 175 Å². The summed E-state index contributed by atoms with van der Waals surface area (Å²) in [6.45, 7) is 3.55. The van der Waals surface area contributed by atoms with Gasteiger partial charge in [0.2, 0.25) is 0 Å². The molecule has 2 heterocycles. The van der Waals surface area contributed by atoms with Crippen LogP contribution in [0.2, 0.25) is 0 Å². The van der Waals surface area contributed by atoms with E-state index in [0.29, 0.717) is 25.3 Å². The predicted molar refractivity (Wildman–Crippen MR) is 116 cm³/mol. The highest BCUT2D eigenvalue weighted by molar-refractivity contribution is 7.09. The van der Waals surface area contributed by atoms with Crippen LogP contribution < -0.4 is 14.4 Å². The summed E-state index contributed by atoms with van der Waals surface area (Å²) >= 11 is 1.66. The molecule has 6 heteroatoms. The average Bonchev–Trinajstić information content (AvgIpc) is 3.31. The molecule has 0 saturated carbocycles. The number of methoxy groups -OCH3 is 1. The number of carbonyl (C=O) groups is 1. The predicted octanol–water partition coefficient (Wildman–Crippen LogP) is 4.30. The van der Waals surface area contributed by atoms with Crippen LogP contribution in [0, 0.1) is 0 Å². The number of hydrogen-bond acceptors (Lipinski definition) is 5. The number of hydrogen-bond donors (Lipinski definition) is 0. The minimum absolute atomic E-state index is 0.0564. The van der Waals surface area contributed by atoms with Crippen LogP contribution in [0.15, 0.2) is 66.0 Å². The average molecular weight is 409 g/mol. The van der Waals surface area contributed by atoms with E-state index >= 15 is 0 Å². The number of carbonyl (C=O) groups excluding carboxylic acids is 1. The molecule has 0 N–H and O–H groups in total. The van der Waals surface area contributed by atoms with Gasteiger partial charge in [0.05, 0.1) is 7.11 Å². The van der Waals surface area contributed by atoms with E-state index in [4.69, 9.17) is 9.47 Å². The zero-order valence-corrected chi connectivity index (χ0v) is 17.2. The van der Waals surface area contributed by atoms with Gasteiger partial charge in [-0.2, -0.15) is 0 Å². The fourth-order valence-electron chi connectivity index (χ4n) is 3.41. The van der Waals surface area contributed by atoms with Gasteiger partial charge in [-0.25, -0.2) is 0 Å². The lowest BCUT2D eigenvalue weighted by Crippen LogP contribution is -2.48. The van der Waals surface area contributed by atoms with Gasteiger partial charge in [-0.3, -0.25) is 4.79 Å². The molecule has 1 aliphatic rings. The topological polar surface area (TPSA) is 42.0 Å². The molecule has 0 atom stereocenters. The Hall–Kier alpha value is -2.99. The van der Waals surface area contributed by atoms with Gasteiger partial charge in [0.15, 0.2) is 0 Å². The maximum Gasteiger partial charge on any atom is 0.254 e. The van der Waals surface area contributed by atoms with Crippen molar-refractivity contribution < 1.29 is 14.3 Å². The van der Waals surface area contributed by atoms with Gasteiger partial charge in [0.1, 0.15) is 18.1 Å². The summed E-state index contributed by atoms with van der Waals surface area (Å²) in [5.74, 6) is 1.63. The summed E-state index contributed by atoms with van der Waals surface area (Å²) in [6.07, 6.45) is 0. The normalized spacial score (nSPS) is 14.0. The second kappa shape index (κ2) is 9.01. The molecule has 0 unspecified atom stereocenters. The Morgan fingerprint density at radius 2 is 1.76 bits per heavy atom. The Bertz CT molecular complexity index is 933. The van der Waals surface area contributed by atoms with E-state index in [1.165, 1.54) is 0 Å². The molecule has 0 spiro atoms. The molecule has 2 aromatic carbocycles. The fraction of sp³-hybridized carbons (Fsp3) is 0.261. The lowest BCUT2D eigenvalue weighted by molar-refractivity contribution is 0.0746. The van der Waals surface area contributed by atoms with E-state index in [-0.39, 0.29) is 5.91 Å². The quantitative estimate of drug-likeness (QED) is 0.610. The lowest BCUT2D eigenvalue weighted by atomic mass is 10.1. The monoisotopic (exact) mass is 408 g/mol. The van der Waals surface area contributed by atoms with Crippen LogP contribution in [-0.4, -0.2) is 44.1 Å². The molecule has 1 aromatic heterocycles. The number of rotatable bonds is 6. The lowest BCUT2D eigenvalue weighted by Gasteiger charge is -2.36. The van der Waals surface area contributed by atoms with E-state index in [1.54, 1.807) is 18.4 Å². The fourth-order valence-corrected chi connectivity index (χ4v) is 4.03. The summed E-state index contributed by atoms with van der Waals surface area (Å²) < 4.78 is 11.1. The molecule has 0 aliphatic carbocycles. The van der Waals surface area contributed by atoms with Crippen molar-refractivity contribution in [2.24, 2.45) is 0 Å². The van der Waals surface area contributed by atoms with E-state index in [9.17, 15) is 4.79 Å². The first-order valence-corrected chi connectivity index (χ1v) is 10.5. The van der Waals surface area contributed by atoms with Gasteiger partial charge in [-0.1, -0.05) is 12.1 Å². The third kappa shape index (κ3) is 4.71. The van der Waals surface area contributed by atoms with Crippen molar-refractivity contribution in [2.45, 2.75) is 6.61 Å². The second-order valence-electron chi connectivity index (χ2n) is 6.87. The van der Waals surface area contributed by atoms with Crippen molar-refractivity contribution in [3.05, 3.63) is 76.5 Å². The SMILES string of the molecule is COc1ccc(N2CCN(C(=O)c3cccc(OCc4cccs4)c3)CC2)cc1. The van der Waals surface area contributed by atoms with Crippen LogP contribution in [0.3, 0.4) is 0 Å². The zero-order valence-electron chi connectivity index (χ0n) is 16.4. The highest BCUT2D eigenvalue weighted by Crippen LogP contribution is 2.22. The van der Waals surface area contributed by atoms with Crippen LogP contribution in [0.4, 0.5) is 5.69 Å². The van der Waals surface area contributed by atoms with Gasteiger partial charge in [0.25, 0.3) is 5.91 Å². The molecule has 29 heavy (non-hydrogen) atoms. The first-order valence-electron chi connectivity index (χ1n) is 9.66. The standard InChI is InChI=1S/C23H24N2O3S/c1-27-20-9-7-19(8-10-20)24-11-13-25(14-12-24)23(26)18-4-2-5-21(16-18)28-17-22-6-3-15-29-22/h2-10,15-16H,11-14,17H2,1H3.